The SMILES string of the molecule is Cc1nnc(N[C@H]2CC[C@H](CNc3ccc(-n4ccccc4=O)cn3)C2)[nH]c1=O. The van der Waals surface area contributed by atoms with Crippen LogP contribution in [-0.2, 0) is 0 Å². The first-order chi connectivity index (χ1) is 14.1. The van der Waals surface area contributed by atoms with Gasteiger partial charge in [-0.05, 0) is 50.3 Å². The number of aromatic amines is 1. The number of hydrogen-bond acceptors (Lipinski definition) is 7. The molecule has 9 heteroatoms. The average molecular weight is 393 g/mol. The van der Waals surface area contributed by atoms with Gasteiger partial charge < -0.3 is 10.6 Å². The second-order valence-corrected chi connectivity index (χ2v) is 7.30. The minimum atomic E-state index is -0.217. The summed E-state index contributed by atoms with van der Waals surface area (Å²) in [6.07, 6.45) is 6.47. The van der Waals surface area contributed by atoms with Gasteiger partial charge in [0.2, 0.25) is 5.95 Å². The summed E-state index contributed by atoms with van der Waals surface area (Å²) in [5.74, 6) is 1.70. The second-order valence-electron chi connectivity index (χ2n) is 7.30. The number of nitrogens with one attached hydrogen (secondary N) is 3. The van der Waals surface area contributed by atoms with Gasteiger partial charge in [0.25, 0.3) is 11.1 Å². The molecule has 9 nitrogen and oxygen atoms in total. The molecule has 0 aromatic carbocycles. The predicted molar refractivity (Wildman–Crippen MR) is 110 cm³/mol. The molecule has 1 fully saturated rings. The third kappa shape index (κ3) is 4.50. The smallest absolute Gasteiger partial charge is 0.273 e. The van der Waals surface area contributed by atoms with Crippen molar-refractivity contribution >= 4 is 11.8 Å². The summed E-state index contributed by atoms with van der Waals surface area (Å²) in [5, 5.41) is 14.5. The molecule has 0 saturated heterocycles. The molecular weight excluding hydrogens is 370 g/mol. The fourth-order valence-electron chi connectivity index (χ4n) is 3.57. The van der Waals surface area contributed by atoms with Crippen LogP contribution in [0.15, 0.2) is 52.3 Å². The zero-order chi connectivity index (χ0) is 20.2. The van der Waals surface area contributed by atoms with Crippen molar-refractivity contribution in [3.05, 3.63) is 69.1 Å². The van der Waals surface area contributed by atoms with Crippen LogP contribution in [0.1, 0.15) is 25.0 Å². The zero-order valence-electron chi connectivity index (χ0n) is 16.1. The van der Waals surface area contributed by atoms with Crippen LogP contribution in [0.2, 0.25) is 0 Å². The number of pyridine rings is 2. The van der Waals surface area contributed by atoms with E-state index in [1.807, 2.05) is 18.2 Å². The summed E-state index contributed by atoms with van der Waals surface area (Å²) in [7, 11) is 0. The largest absolute Gasteiger partial charge is 0.370 e. The van der Waals surface area contributed by atoms with Crippen molar-refractivity contribution in [2.45, 2.75) is 32.2 Å². The summed E-state index contributed by atoms with van der Waals surface area (Å²) in [5.41, 5.74) is 0.796. The fraction of sp³-hybridized carbons (Fsp3) is 0.350. The molecule has 29 heavy (non-hydrogen) atoms. The lowest BCUT2D eigenvalue weighted by molar-refractivity contribution is 0.570. The lowest BCUT2D eigenvalue weighted by atomic mass is 10.1. The molecule has 1 saturated carbocycles. The number of rotatable bonds is 6. The average Bonchev–Trinajstić information content (AvgIpc) is 3.17. The standard InChI is InChI=1S/C20H23N7O2/c1-13-19(29)24-20(26-25-13)23-15-6-5-14(10-15)11-21-17-8-7-16(12-22-17)27-9-3-2-4-18(27)28/h2-4,7-9,12,14-15H,5-6,10-11H2,1H3,(H,21,22)(H2,23,24,26,29)/t14-,15-/m0/s1. The molecule has 3 aromatic heterocycles. The van der Waals surface area contributed by atoms with Crippen molar-refractivity contribution in [1.29, 1.82) is 0 Å². The maximum atomic E-state index is 11.9. The van der Waals surface area contributed by atoms with E-state index in [1.54, 1.807) is 30.0 Å². The molecule has 0 bridgehead atoms. The second kappa shape index (κ2) is 8.26. The van der Waals surface area contributed by atoms with Crippen LogP contribution in [0.25, 0.3) is 5.69 Å². The Balaban J connectivity index is 1.30. The monoisotopic (exact) mass is 393 g/mol. The molecule has 3 aromatic rings. The Morgan fingerprint density at radius 2 is 2.07 bits per heavy atom. The Morgan fingerprint density at radius 1 is 1.17 bits per heavy atom. The number of anilines is 2. The van der Waals surface area contributed by atoms with Crippen LogP contribution in [0.5, 0.6) is 0 Å². The van der Waals surface area contributed by atoms with Gasteiger partial charge in [-0.15, -0.1) is 10.2 Å². The van der Waals surface area contributed by atoms with E-state index in [-0.39, 0.29) is 17.2 Å². The van der Waals surface area contributed by atoms with Crippen molar-refractivity contribution in [3.63, 3.8) is 0 Å². The molecule has 0 aliphatic heterocycles. The summed E-state index contributed by atoms with van der Waals surface area (Å²) in [6.45, 7) is 2.44. The van der Waals surface area contributed by atoms with E-state index in [0.29, 0.717) is 17.6 Å². The predicted octanol–water partition coefficient (Wildman–Crippen LogP) is 1.71. The molecule has 3 N–H and O–H groups in total. The molecule has 0 unspecified atom stereocenters. The Bertz CT molecular complexity index is 1090. The highest BCUT2D eigenvalue weighted by atomic mass is 16.1. The Labute approximate surface area is 167 Å². The van der Waals surface area contributed by atoms with Crippen molar-refractivity contribution < 1.29 is 0 Å². The third-order valence-electron chi connectivity index (χ3n) is 5.16. The molecule has 3 heterocycles. The number of hydrogen-bond donors (Lipinski definition) is 3. The lowest BCUT2D eigenvalue weighted by Gasteiger charge is -2.14. The first kappa shape index (κ1) is 18.9. The molecule has 150 valence electrons. The van der Waals surface area contributed by atoms with Crippen LogP contribution < -0.4 is 21.8 Å². The highest BCUT2D eigenvalue weighted by Crippen LogP contribution is 2.27. The van der Waals surface area contributed by atoms with Crippen LogP contribution in [0, 0.1) is 12.8 Å². The molecular formula is C20H23N7O2. The van der Waals surface area contributed by atoms with Gasteiger partial charge in [0.05, 0.1) is 11.9 Å². The van der Waals surface area contributed by atoms with E-state index >= 15 is 0 Å². The number of aryl methyl sites for hydroxylation is 1. The Kier molecular flexibility index (Phi) is 5.37. The van der Waals surface area contributed by atoms with Crippen LogP contribution in [-0.4, -0.2) is 37.3 Å². The van der Waals surface area contributed by atoms with Gasteiger partial charge in [-0.25, -0.2) is 4.98 Å². The Morgan fingerprint density at radius 3 is 2.83 bits per heavy atom. The topological polar surface area (TPSA) is 118 Å². The van der Waals surface area contributed by atoms with Gasteiger partial charge in [-0.3, -0.25) is 19.1 Å². The third-order valence-corrected chi connectivity index (χ3v) is 5.16. The molecule has 1 aliphatic carbocycles. The van der Waals surface area contributed by atoms with Crippen molar-refractivity contribution in [3.8, 4) is 5.69 Å². The number of H-pyrrole nitrogens is 1. The van der Waals surface area contributed by atoms with Gasteiger partial charge in [-0.1, -0.05) is 6.07 Å². The first-order valence-corrected chi connectivity index (χ1v) is 9.66. The van der Waals surface area contributed by atoms with Gasteiger partial charge in [-0.2, -0.15) is 0 Å². The quantitative estimate of drug-likeness (QED) is 0.583. The normalized spacial score (nSPS) is 18.5. The first-order valence-electron chi connectivity index (χ1n) is 9.66. The summed E-state index contributed by atoms with van der Waals surface area (Å²) in [4.78, 5) is 30.6. The van der Waals surface area contributed by atoms with Crippen molar-refractivity contribution in [2.24, 2.45) is 5.92 Å². The number of aromatic nitrogens is 5. The van der Waals surface area contributed by atoms with Crippen molar-refractivity contribution in [2.75, 3.05) is 17.2 Å². The lowest BCUT2D eigenvalue weighted by Crippen LogP contribution is -2.23. The number of nitrogens with zero attached hydrogens (tertiary/aromatic N) is 4. The molecule has 0 amide bonds. The van der Waals surface area contributed by atoms with Crippen molar-refractivity contribution in [1.82, 2.24) is 24.7 Å². The van der Waals surface area contributed by atoms with Crippen LogP contribution >= 0.6 is 0 Å². The Hall–Kier alpha value is -3.49. The van der Waals surface area contributed by atoms with Crippen LogP contribution in [0.4, 0.5) is 11.8 Å². The molecule has 1 aliphatic rings. The maximum Gasteiger partial charge on any atom is 0.273 e. The summed E-state index contributed by atoms with van der Waals surface area (Å²) >= 11 is 0. The van der Waals surface area contributed by atoms with E-state index in [4.69, 9.17) is 0 Å². The fourth-order valence-corrected chi connectivity index (χ4v) is 3.57. The van der Waals surface area contributed by atoms with E-state index in [0.717, 1.165) is 37.3 Å². The maximum absolute atomic E-state index is 11.9. The minimum Gasteiger partial charge on any atom is -0.370 e. The molecule has 4 rings (SSSR count). The van der Waals surface area contributed by atoms with E-state index in [2.05, 4.69) is 30.8 Å². The molecule has 0 spiro atoms. The van der Waals surface area contributed by atoms with Gasteiger partial charge in [0.1, 0.15) is 11.5 Å². The van der Waals surface area contributed by atoms with Gasteiger partial charge in [0, 0.05) is 24.8 Å². The summed E-state index contributed by atoms with van der Waals surface area (Å²) < 4.78 is 1.56. The van der Waals surface area contributed by atoms with Gasteiger partial charge in [0.15, 0.2) is 0 Å². The highest BCUT2D eigenvalue weighted by molar-refractivity contribution is 5.41. The van der Waals surface area contributed by atoms with E-state index in [1.165, 1.54) is 6.07 Å². The summed E-state index contributed by atoms with van der Waals surface area (Å²) in [6, 6.07) is 9.07. The molecule has 2 atom stereocenters. The highest BCUT2D eigenvalue weighted by Gasteiger charge is 2.25. The van der Waals surface area contributed by atoms with E-state index in [9.17, 15) is 9.59 Å². The minimum absolute atomic E-state index is 0.0842. The molecule has 0 radical (unpaired) electrons. The zero-order valence-corrected chi connectivity index (χ0v) is 16.1. The van der Waals surface area contributed by atoms with Crippen LogP contribution in [0.3, 0.4) is 0 Å². The van der Waals surface area contributed by atoms with Gasteiger partial charge >= 0.3 is 0 Å². The van der Waals surface area contributed by atoms with E-state index < -0.39 is 0 Å².